The molecule has 2 rings (SSSR count). The Balaban J connectivity index is 1.89. The van der Waals surface area contributed by atoms with Crippen LogP contribution in [0.1, 0.15) is 11.1 Å². The molecule has 0 saturated carbocycles. The van der Waals surface area contributed by atoms with E-state index in [9.17, 15) is 9.90 Å². The minimum atomic E-state index is -0.416. The number of ether oxygens (including phenoxy) is 1. The Morgan fingerprint density at radius 1 is 1.04 bits per heavy atom. The normalized spacial score (nSPS) is 10.7. The van der Waals surface area contributed by atoms with Crippen LogP contribution in [0.15, 0.2) is 48.5 Å². The van der Waals surface area contributed by atoms with Crippen LogP contribution < -0.4 is 4.74 Å². The zero-order chi connectivity index (χ0) is 16.7. The van der Waals surface area contributed by atoms with Crippen LogP contribution in [0.2, 0.25) is 0 Å². The third-order valence-electron chi connectivity index (χ3n) is 3.01. The fourth-order valence-electron chi connectivity index (χ4n) is 1.99. The number of esters is 1. The largest absolute Gasteiger partial charge is 0.508 e. The highest BCUT2D eigenvalue weighted by Gasteiger charge is 2.07. The van der Waals surface area contributed by atoms with Crippen molar-refractivity contribution in [1.82, 2.24) is 5.39 Å². The molecule has 23 heavy (non-hydrogen) atoms. The third-order valence-corrected chi connectivity index (χ3v) is 3.01. The van der Waals surface area contributed by atoms with E-state index in [2.05, 4.69) is 4.84 Å². The summed E-state index contributed by atoms with van der Waals surface area (Å²) < 4.78 is 5.18. The summed E-state index contributed by atoms with van der Waals surface area (Å²) in [6, 6.07) is 13.2. The number of carbonyl (C=O) groups is 1. The second kappa shape index (κ2) is 8.25. The smallest absolute Gasteiger partial charge is 0.315 e. The highest BCUT2D eigenvalue weighted by atomic mass is 17.1. The lowest BCUT2D eigenvalue weighted by Gasteiger charge is -2.08. The molecule has 2 aromatic rings. The summed E-state index contributed by atoms with van der Waals surface area (Å²) in [5.74, 6) is 0.0494. The first-order valence-corrected chi connectivity index (χ1v) is 6.91. The Morgan fingerprint density at radius 3 is 2.43 bits per heavy atom. The number of phenols is 1. The fourth-order valence-corrected chi connectivity index (χ4v) is 1.99. The molecular formula is C16H17NO6. The van der Waals surface area contributed by atoms with Gasteiger partial charge in [-0.15, -0.1) is 0 Å². The summed E-state index contributed by atoms with van der Waals surface area (Å²) in [5, 5.41) is 25.7. The molecule has 0 atom stereocenters. The lowest BCUT2D eigenvalue weighted by atomic mass is 10.1. The minimum Gasteiger partial charge on any atom is -0.508 e. The van der Waals surface area contributed by atoms with Crippen LogP contribution in [-0.4, -0.2) is 33.5 Å². The van der Waals surface area contributed by atoms with Crippen molar-refractivity contribution in [3.63, 3.8) is 0 Å². The number of nitrogens with zero attached hydrogens (tertiary/aromatic N) is 1. The van der Waals surface area contributed by atoms with Crippen LogP contribution in [0.4, 0.5) is 0 Å². The summed E-state index contributed by atoms with van der Waals surface area (Å²) >= 11 is 0. The second-order valence-electron chi connectivity index (χ2n) is 4.80. The van der Waals surface area contributed by atoms with Crippen LogP contribution in [0.25, 0.3) is 0 Å². The molecule has 0 fully saturated rings. The third kappa shape index (κ3) is 6.05. The standard InChI is InChI=1S/C16H17NO6/c18-14-4-6-15(7-5-14)23-16(19)11-13-3-1-2-12(10-13)8-9-22-17(20)21/h1-7,10,18,20-21H,8-9,11H2. The first-order valence-electron chi connectivity index (χ1n) is 6.91. The maximum atomic E-state index is 11.9. The van der Waals surface area contributed by atoms with Crippen LogP contribution in [0.3, 0.4) is 0 Å². The van der Waals surface area contributed by atoms with E-state index in [0.29, 0.717) is 12.2 Å². The van der Waals surface area contributed by atoms with Crippen molar-refractivity contribution in [2.24, 2.45) is 0 Å². The molecular weight excluding hydrogens is 302 g/mol. The maximum absolute atomic E-state index is 11.9. The molecule has 0 saturated heterocycles. The van der Waals surface area contributed by atoms with E-state index in [4.69, 9.17) is 15.2 Å². The van der Waals surface area contributed by atoms with Crippen molar-refractivity contribution in [2.45, 2.75) is 12.8 Å². The van der Waals surface area contributed by atoms with E-state index in [1.54, 1.807) is 12.1 Å². The number of benzene rings is 2. The van der Waals surface area contributed by atoms with Gasteiger partial charge in [-0.1, -0.05) is 24.3 Å². The van der Waals surface area contributed by atoms with Crippen LogP contribution in [0, 0.1) is 0 Å². The van der Waals surface area contributed by atoms with Crippen molar-refractivity contribution in [1.29, 1.82) is 0 Å². The number of hydrogen-bond acceptors (Lipinski definition) is 7. The van der Waals surface area contributed by atoms with Gasteiger partial charge in [-0.05, 0) is 41.8 Å². The Bertz CT molecular complexity index is 641. The van der Waals surface area contributed by atoms with Gasteiger partial charge in [0.15, 0.2) is 0 Å². The molecule has 0 spiro atoms. The molecule has 0 radical (unpaired) electrons. The molecule has 7 heteroatoms. The highest BCUT2D eigenvalue weighted by molar-refractivity contribution is 5.75. The quantitative estimate of drug-likeness (QED) is 0.408. The molecule has 0 heterocycles. The Hall–Kier alpha value is -2.45. The van der Waals surface area contributed by atoms with Crippen molar-refractivity contribution >= 4 is 5.97 Å². The molecule has 0 aliphatic rings. The summed E-state index contributed by atoms with van der Waals surface area (Å²) in [6.07, 6.45) is 0.556. The van der Waals surface area contributed by atoms with Gasteiger partial charge in [-0.3, -0.25) is 20.0 Å². The van der Waals surface area contributed by atoms with Gasteiger partial charge in [0.25, 0.3) is 0 Å². The summed E-state index contributed by atoms with van der Waals surface area (Å²) in [6.45, 7) is 0.0917. The van der Waals surface area contributed by atoms with Gasteiger partial charge < -0.3 is 9.84 Å². The molecule has 2 aromatic carbocycles. The molecule has 0 aliphatic heterocycles. The zero-order valence-electron chi connectivity index (χ0n) is 12.3. The molecule has 0 bridgehead atoms. The van der Waals surface area contributed by atoms with Gasteiger partial charge in [0.2, 0.25) is 0 Å². The van der Waals surface area contributed by atoms with E-state index in [1.165, 1.54) is 24.3 Å². The predicted molar refractivity (Wildman–Crippen MR) is 79.0 cm³/mol. The number of hydrogen-bond donors (Lipinski definition) is 3. The molecule has 0 amide bonds. The molecule has 0 aromatic heterocycles. The van der Waals surface area contributed by atoms with Crippen molar-refractivity contribution in [3.05, 3.63) is 59.7 Å². The van der Waals surface area contributed by atoms with Gasteiger partial charge in [-0.2, -0.15) is 0 Å². The van der Waals surface area contributed by atoms with Gasteiger partial charge in [0.1, 0.15) is 11.5 Å². The number of rotatable bonds is 7. The van der Waals surface area contributed by atoms with E-state index >= 15 is 0 Å². The first kappa shape index (κ1) is 16.9. The SMILES string of the molecule is O=C(Cc1cccc(CCON(O)O)c1)Oc1ccc(O)cc1. The van der Waals surface area contributed by atoms with Gasteiger partial charge in [0, 0.05) is 0 Å². The average Bonchev–Trinajstić information content (AvgIpc) is 2.49. The van der Waals surface area contributed by atoms with Gasteiger partial charge in [-0.25, -0.2) is 0 Å². The molecule has 3 N–H and O–H groups in total. The first-order chi connectivity index (χ1) is 11.0. The predicted octanol–water partition coefficient (Wildman–Crippen LogP) is 2.09. The zero-order valence-corrected chi connectivity index (χ0v) is 12.3. The van der Waals surface area contributed by atoms with Crippen LogP contribution in [0.5, 0.6) is 11.5 Å². The van der Waals surface area contributed by atoms with Crippen LogP contribution in [-0.2, 0) is 22.5 Å². The lowest BCUT2D eigenvalue weighted by Crippen LogP contribution is -2.16. The molecule has 0 unspecified atom stereocenters. The van der Waals surface area contributed by atoms with Crippen molar-refractivity contribution in [3.8, 4) is 11.5 Å². The van der Waals surface area contributed by atoms with Gasteiger partial charge >= 0.3 is 5.97 Å². The second-order valence-corrected chi connectivity index (χ2v) is 4.80. The summed E-state index contributed by atoms with van der Waals surface area (Å²) in [7, 11) is 0. The summed E-state index contributed by atoms with van der Waals surface area (Å²) in [4.78, 5) is 16.4. The Labute approximate surface area is 132 Å². The van der Waals surface area contributed by atoms with Crippen LogP contribution >= 0.6 is 0 Å². The number of carbonyl (C=O) groups excluding carboxylic acids is 1. The average molecular weight is 319 g/mol. The lowest BCUT2D eigenvalue weighted by molar-refractivity contribution is -0.492. The molecule has 7 nitrogen and oxygen atoms in total. The van der Waals surface area contributed by atoms with E-state index in [0.717, 1.165) is 11.1 Å². The Morgan fingerprint density at radius 2 is 1.74 bits per heavy atom. The van der Waals surface area contributed by atoms with Crippen molar-refractivity contribution < 1.29 is 29.9 Å². The molecule has 122 valence electrons. The van der Waals surface area contributed by atoms with E-state index < -0.39 is 5.97 Å². The van der Waals surface area contributed by atoms with Gasteiger partial charge in [0.05, 0.1) is 18.4 Å². The van der Waals surface area contributed by atoms with E-state index in [1.807, 2.05) is 12.1 Å². The monoisotopic (exact) mass is 319 g/mol. The fraction of sp³-hybridized carbons (Fsp3) is 0.188. The maximum Gasteiger partial charge on any atom is 0.315 e. The minimum absolute atomic E-state index is 0.0917. The summed E-state index contributed by atoms with van der Waals surface area (Å²) in [5.41, 5.74) is 1.66. The Kier molecular flexibility index (Phi) is 6.07. The van der Waals surface area contributed by atoms with Crippen molar-refractivity contribution in [2.75, 3.05) is 6.61 Å². The highest BCUT2D eigenvalue weighted by Crippen LogP contribution is 2.17. The number of aromatic hydroxyl groups is 1. The number of phenolic OH excluding ortho intramolecular Hbond substituents is 1. The van der Waals surface area contributed by atoms with E-state index in [-0.39, 0.29) is 24.2 Å². The topological polar surface area (TPSA) is 99.5 Å². The molecule has 0 aliphatic carbocycles.